The highest BCUT2D eigenvalue weighted by molar-refractivity contribution is 8.13. The van der Waals surface area contributed by atoms with E-state index in [0.29, 0.717) is 5.56 Å². The van der Waals surface area contributed by atoms with Gasteiger partial charge in [-0.1, -0.05) is 0 Å². The molecule has 7 heteroatoms. The Morgan fingerprint density at radius 3 is 2.53 bits per heavy atom. The number of aryl methyl sites for hydroxylation is 1. The monoisotopic (exact) mass is 306 g/mol. The number of halogens is 1. The molecule has 19 heavy (non-hydrogen) atoms. The number of carbonyl (C=O) groups is 1. The Bertz CT molecular complexity index is 567. The molecule has 0 aliphatic heterocycles. The molecule has 106 valence electrons. The van der Waals surface area contributed by atoms with E-state index in [1.54, 1.807) is 13.8 Å². The Balaban J connectivity index is 3.01. The molecule has 0 aliphatic carbocycles. The second-order valence-electron chi connectivity index (χ2n) is 4.14. The van der Waals surface area contributed by atoms with Crippen LogP contribution in [0.1, 0.15) is 22.8 Å². The minimum Gasteiger partial charge on any atom is -0.457 e. The van der Waals surface area contributed by atoms with E-state index in [-0.39, 0.29) is 17.1 Å². The van der Waals surface area contributed by atoms with E-state index in [1.165, 1.54) is 25.3 Å². The van der Waals surface area contributed by atoms with Crippen LogP contribution in [-0.4, -0.2) is 34.2 Å². The predicted molar refractivity (Wildman–Crippen MR) is 71.0 cm³/mol. The van der Waals surface area contributed by atoms with Crippen LogP contribution in [0.5, 0.6) is 0 Å². The van der Waals surface area contributed by atoms with E-state index in [2.05, 4.69) is 0 Å². The summed E-state index contributed by atoms with van der Waals surface area (Å²) in [5.41, 5.74) is 0.746. The number of esters is 1. The average Bonchev–Trinajstić information content (AvgIpc) is 2.27. The van der Waals surface area contributed by atoms with Gasteiger partial charge in [-0.15, -0.1) is 0 Å². The average molecular weight is 307 g/mol. The molecule has 0 aromatic heterocycles. The lowest BCUT2D eigenvalue weighted by atomic mass is 10.1. The van der Waals surface area contributed by atoms with Gasteiger partial charge in [0.2, 0.25) is 0 Å². The summed E-state index contributed by atoms with van der Waals surface area (Å²) in [6, 6.07) is 4.11. The number of benzene rings is 1. The van der Waals surface area contributed by atoms with Crippen molar-refractivity contribution in [3.63, 3.8) is 0 Å². The second kappa shape index (κ2) is 6.36. The number of hydrogen-bond donors (Lipinski definition) is 0. The van der Waals surface area contributed by atoms with Crippen molar-refractivity contribution < 1.29 is 22.7 Å². The van der Waals surface area contributed by atoms with Crippen molar-refractivity contribution in [2.75, 3.05) is 13.7 Å². The van der Waals surface area contributed by atoms with Crippen LogP contribution in [0.4, 0.5) is 0 Å². The van der Waals surface area contributed by atoms with E-state index in [0.717, 1.165) is 0 Å². The van der Waals surface area contributed by atoms with E-state index < -0.39 is 21.1 Å². The van der Waals surface area contributed by atoms with Gasteiger partial charge >= 0.3 is 5.97 Å². The first kappa shape index (κ1) is 15.9. The van der Waals surface area contributed by atoms with Crippen molar-refractivity contribution in [3.05, 3.63) is 29.3 Å². The topological polar surface area (TPSA) is 69.7 Å². The zero-order chi connectivity index (χ0) is 14.6. The lowest BCUT2D eigenvalue weighted by molar-refractivity contribution is 0.0120. The summed E-state index contributed by atoms with van der Waals surface area (Å²) in [5, 5.41) is 0. The van der Waals surface area contributed by atoms with Crippen LogP contribution in [0, 0.1) is 6.92 Å². The Labute approximate surface area is 116 Å². The molecule has 0 spiro atoms. The first-order valence-corrected chi connectivity index (χ1v) is 7.81. The Hall–Kier alpha value is -1.11. The van der Waals surface area contributed by atoms with E-state index in [9.17, 15) is 13.2 Å². The summed E-state index contributed by atoms with van der Waals surface area (Å²) >= 11 is 0. The molecule has 1 atom stereocenters. The predicted octanol–water partition coefficient (Wildman–Crippen LogP) is 2.11. The molecule has 0 radical (unpaired) electrons. The molecule has 1 unspecified atom stereocenters. The van der Waals surface area contributed by atoms with Crippen molar-refractivity contribution in [3.8, 4) is 0 Å². The highest BCUT2D eigenvalue weighted by Gasteiger charge is 2.17. The molecule has 1 aromatic rings. The van der Waals surface area contributed by atoms with Gasteiger partial charge in [0, 0.05) is 17.8 Å². The van der Waals surface area contributed by atoms with Gasteiger partial charge in [0.15, 0.2) is 0 Å². The number of carbonyl (C=O) groups excluding carboxylic acids is 1. The number of ether oxygens (including phenoxy) is 2. The molecule has 5 nitrogen and oxygen atoms in total. The third kappa shape index (κ3) is 4.81. The first-order chi connectivity index (χ1) is 8.74. The van der Waals surface area contributed by atoms with Crippen molar-refractivity contribution in [1.29, 1.82) is 0 Å². The molecular formula is C12H15ClO5S. The Morgan fingerprint density at radius 1 is 1.37 bits per heavy atom. The fraction of sp³-hybridized carbons (Fsp3) is 0.417. The van der Waals surface area contributed by atoms with Gasteiger partial charge in [-0.3, -0.25) is 0 Å². The largest absolute Gasteiger partial charge is 0.457 e. The Morgan fingerprint density at radius 2 is 2.00 bits per heavy atom. The third-order valence-corrected chi connectivity index (χ3v) is 3.61. The summed E-state index contributed by atoms with van der Waals surface area (Å²) in [6.45, 7) is 3.61. The molecule has 0 amide bonds. The summed E-state index contributed by atoms with van der Waals surface area (Å²) in [4.78, 5) is 11.7. The maximum absolute atomic E-state index is 11.8. The van der Waals surface area contributed by atoms with Crippen molar-refractivity contribution in [1.82, 2.24) is 0 Å². The minimum absolute atomic E-state index is 0.125. The number of hydrogen-bond acceptors (Lipinski definition) is 5. The minimum atomic E-state index is -3.88. The van der Waals surface area contributed by atoms with Crippen LogP contribution in [0.25, 0.3) is 0 Å². The molecular weight excluding hydrogens is 292 g/mol. The zero-order valence-corrected chi connectivity index (χ0v) is 12.4. The summed E-state index contributed by atoms with van der Waals surface area (Å²) < 4.78 is 32.5. The fourth-order valence-corrected chi connectivity index (χ4v) is 2.39. The van der Waals surface area contributed by atoms with E-state index in [4.69, 9.17) is 20.2 Å². The van der Waals surface area contributed by atoms with Gasteiger partial charge in [0.05, 0.1) is 17.1 Å². The van der Waals surface area contributed by atoms with Crippen LogP contribution >= 0.6 is 10.7 Å². The highest BCUT2D eigenvalue weighted by Crippen LogP contribution is 2.19. The number of rotatable bonds is 5. The lowest BCUT2D eigenvalue weighted by Crippen LogP contribution is -2.19. The SMILES string of the molecule is COCC(C)OC(=O)c1cc(C)cc(S(=O)(=O)Cl)c1. The molecule has 0 saturated heterocycles. The molecule has 1 rings (SSSR count). The van der Waals surface area contributed by atoms with Crippen LogP contribution in [0.2, 0.25) is 0 Å². The normalized spacial score (nSPS) is 13.1. The van der Waals surface area contributed by atoms with Gasteiger partial charge < -0.3 is 9.47 Å². The quantitative estimate of drug-likeness (QED) is 0.615. The first-order valence-electron chi connectivity index (χ1n) is 5.50. The summed E-state index contributed by atoms with van der Waals surface area (Å²) in [6.07, 6.45) is -0.422. The molecule has 0 heterocycles. The maximum atomic E-state index is 11.8. The Kier molecular flexibility index (Phi) is 5.34. The lowest BCUT2D eigenvalue weighted by Gasteiger charge is -2.12. The van der Waals surface area contributed by atoms with Gasteiger partial charge in [-0.05, 0) is 37.6 Å². The standard InChI is InChI=1S/C12H15ClO5S/c1-8-4-10(6-11(5-8)19(13,15)16)12(14)18-9(2)7-17-3/h4-6,9H,7H2,1-3H3. The number of methoxy groups -OCH3 is 1. The van der Waals surface area contributed by atoms with Gasteiger partial charge in [0.25, 0.3) is 9.05 Å². The third-order valence-electron chi connectivity index (χ3n) is 2.28. The van der Waals surface area contributed by atoms with E-state index >= 15 is 0 Å². The smallest absolute Gasteiger partial charge is 0.338 e. The van der Waals surface area contributed by atoms with Crippen LogP contribution in [0.15, 0.2) is 23.1 Å². The highest BCUT2D eigenvalue weighted by atomic mass is 35.7. The van der Waals surface area contributed by atoms with Crippen molar-refractivity contribution >= 4 is 25.7 Å². The second-order valence-corrected chi connectivity index (χ2v) is 6.71. The summed E-state index contributed by atoms with van der Waals surface area (Å²) in [5.74, 6) is -0.616. The van der Waals surface area contributed by atoms with E-state index in [1.807, 2.05) is 0 Å². The molecule has 1 aromatic carbocycles. The van der Waals surface area contributed by atoms with Gasteiger partial charge in [-0.2, -0.15) is 0 Å². The van der Waals surface area contributed by atoms with Gasteiger partial charge in [-0.25, -0.2) is 13.2 Å². The van der Waals surface area contributed by atoms with Crippen LogP contribution < -0.4 is 0 Å². The fourth-order valence-electron chi connectivity index (χ4n) is 1.53. The van der Waals surface area contributed by atoms with Gasteiger partial charge in [0.1, 0.15) is 6.10 Å². The zero-order valence-electron chi connectivity index (χ0n) is 10.8. The van der Waals surface area contributed by atoms with Crippen LogP contribution in [0.3, 0.4) is 0 Å². The van der Waals surface area contributed by atoms with Crippen LogP contribution in [-0.2, 0) is 18.5 Å². The molecule has 0 saturated carbocycles. The van der Waals surface area contributed by atoms with Crippen molar-refractivity contribution in [2.24, 2.45) is 0 Å². The molecule has 0 aliphatic rings. The molecule has 0 N–H and O–H groups in total. The van der Waals surface area contributed by atoms with Crippen molar-refractivity contribution in [2.45, 2.75) is 24.8 Å². The summed E-state index contributed by atoms with van der Waals surface area (Å²) in [7, 11) is 2.88. The molecule has 0 fully saturated rings. The molecule has 0 bridgehead atoms. The maximum Gasteiger partial charge on any atom is 0.338 e.